The van der Waals surface area contributed by atoms with Gasteiger partial charge < -0.3 is 5.73 Å². The standard InChI is InChI=1S/C12H17N/c1-10-6-3-4-8-12(10)11(2)7-5-9-13/h3-4,6-8H,5,9,13H2,1-2H3/b11-7-. The van der Waals surface area contributed by atoms with E-state index >= 15 is 0 Å². The van der Waals surface area contributed by atoms with Crippen LogP contribution in [0.15, 0.2) is 30.3 Å². The molecule has 0 saturated heterocycles. The van der Waals surface area contributed by atoms with E-state index in [1.165, 1.54) is 16.7 Å². The van der Waals surface area contributed by atoms with Gasteiger partial charge in [-0.05, 0) is 43.5 Å². The van der Waals surface area contributed by atoms with Gasteiger partial charge >= 0.3 is 0 Å². The van der Waals surface area contributed by atoms with Crippen LogP contribution in [0.1, 0.15) is 24.5 Å². The number of aryl methyl sites for hydroxylation is 1. The van der Waals surface area contributed by atoms with Crippen LogP contribution < -0.4 is 5.73 Å². The van der Waals surface area contributed by atoms with Crippen LogP contribution in [0.4, 0.5) is 0 Å². The number of nitrogens with two attached hydrogens (primary N) is 1. The predicted molar refractivity (Wildman–Crippen MR) is 58.5 cm³/mol. The highest BCUT2D eigenvalue weighted by Crippen LogP contribution is 2.17. The minimum atomic E-state index is 0.725. The topological polar surface area (TPSA) is 26.0 Å². The highest BCUT2D eigenvalue weighted by atomic mass is 14.5. The van der Waals surface area contributed by atoms with Gasteiger partial charge in [-0.1, -0.05) is 30.3 Å². The summed E-state index contributed by atoms with van der Waals surface area (Å²) in [4.78, 5) is 0. The van der Waals surface area contributed by atoms with Crippen molar-refractivity contribution in [2.45, 2.75) is 20.3 Å². The lowest BCUT2D eigenvalue weighted by Crippen LogP contribution is -1.96. The molecule has 1 aromatic carbocycles. The molecule has 1 nitrogen and oxygen atoms in total. The molecule has 0 aliphatic carbocycles. The highest BCUT2D eigenvalue weighted by Gasteiger charge is 1.97. The van der Waals surface area contributed by atoms with E-state index in [1.807, 2.05) is 0 Å². The Bertz CT molecular complexity index is 300. The lowest BCUT2D eigenvalue weighted by molar-refractivity contribution is 1.01. The van der Waals surface area contributed by atoms with Gasteiger partial charge in [-0.25, -0.2) is 0 Å². The molecule has 1 aromatic rings. The van der Waals surface area contributed by atoms with Crippen LogP contribution in [0.25, 0.3) is 5.57 Å². The minimum Gasteiger partial charge on any atom is -0.330 e. The highest BCUT2D eigenvalue weighted by molar-refractivity contribution is 5.66. The molecule has 0 bridgehead atoms. The normalized spacial score (nSPS) is 11.8. The van der Waals surface area contributed by atoms with Crippen molar-refractivity contribution in [1.29, 1.82) is 0 Å². The second-order valence-electron chi connectivity index (χ2n) is 3.28. The van der Waals surface area contributed by atoms with E-state index in [9.17, 15) is 0 Å². The summed E-state index contributed by atoms with van der Waals surface area (Å²) < 4.78 is 0. The molecule has 0 aromatic heterocycles. The first-order chi connectivity index (χ1) is 6.25. The maximum atomic E-state index is 5.45. The monoisotopic (exact) mass is 175 g/mol. The molecule has 0 fully saturated rings. The van der Waals surface area contributed by atoms with E-state index in [-0.39, 0.29) is 0 Å². The Morgan fingerprint density at radius 3 is 2.69 bits per heavy atom. The number of benzene rings is 1. The van der Waals surface area contributed by atoms with Gasteiger partial charge in [-0.15, -0.1) is 0 Å². The SMILES string of the molecule is C/C(=C/CCN)c1ccccc1C. The summed E-state index contributed by atoms with van der Waals surface area (Å²) in [6.45, 7) is 5.00. The van der Waals surface area contributed by atoms with E-state index in [1.54, 1.807) is 0 Å². The average Bonchev–Trinajstić information content (AvgIpc) is 2.15. The second kappa shape index (κ2) is 4.83. The van der Waals surface area contributed by atoms with E-state index in [0.29, 0.717) is 0 Å². The largest absolute Gasteiger partial charge is 0.330 e. The second-order valence-corrected chi connectivity index (χ2v) is 3.28. The minimum absolute atomic E-state index is 0.725. The zero-order valence-electron chi connectivity index (χ0n) is 8.38. The van der Waals surface area contributed by atoms with Crippen LogP contribution in [0.3, 0.4) is 0 Å². The lowest BCUT2D eigenvalue weighted by atomic mass is 10.0. The summed E-state index contributed by atoms with van der Waals surface area (Å²) in [5, 5.41) is 0. The molecule has 70 valence electrons. The van der Waals surface area contributed by atoms with Gasteiger partial charge in [0, 0.05) is 0 Å². The summed E-state index contributed by atoms with van der Waals surface area (Å²) in [5.41, 5.74) is 9.43. The molecule has 0 saturated carbocycles. The van der Waals surface area contributed by atoms with Crippen molar-refractivity contribution in [2.75, 3.05) is 6.54 Å². The summed E-state index contributed by atoms with van der Waals surface area (Å²) in [5.74, 6) is 0. The van der Waals surface area contributed by atoms with Gasteiger partial charge in [-0.2, -0.15) is 0 Å². The molecule has 1 heteroatoms. The van der Waals surface area contributed by atoms with Crippen LogP contribution in [-0.2, 0) is 0 Å². The predicted octanol–water partition coefficient (Wildman–Crippen LogP) is 2.75. The lowest BCUT2D eigenvalue weighted by Gasteiger charge is -2.05. The summed E-state index contributed by atoms with van der Waals surface area (Å²) in [7, 11) is 0. The van der Waals surface area contributed by atoms with Crippen molar-refractivity contribution >= 4 is 5.57 Å². The summed E-state index contributed by atoms with van der Waals surface area (Å²) in [6.07, 6.45) is 3.16. The quantitative estimate of drug-likeness (QED) is 0.751. The molecule has 0 radical (unpaired) electrons. The van der Waals surface area contributed by atoms with E-state index in [4.69, 9.17) is 5.73 Å². The summed E-state index contributed by atoms with van der Waals surface area (Å²) in [6, 6.07) is 8.42. The van der Waals surface area contributed by atoms with Crippen molar-refractivity contribution in [3.8, 4) is 0 Å². The first kappa shape index (κ1) is 10.0. The molecule has 0 aliphatic rings. The van der Waals surface area contributed by atoms with Crippen molar-refractivity contribution < 1.29 is 0 Å². The molecule has 1 rings (SSSR count). The van der Waals surface area contributed by atoms with Crippen LogP contribution in [0.5, 0.6) is 0 Å². The maximum Gasteiger partial charge on any atom is -0.00424 e. The van der Waals surface area contributed by atoms with Gasteiger partial charge in [0.2, 0.25) is 0 Å². The zero-order valence-corrected chi connectivity index (χ0v) is 8.38. The Kier molecular flexibility index (Phi) is 3.71. The fourth-order valence-corrected chi connectivity index (χ4v) is 1.43. The first-order valence-electron chi connectivity index (χ1n) is 4.68. The molecule has 0 aliphatic heterocycles. The van der Waals surface area contributed by atoms with E-state index < -0.39 is 0 Å². The molecule has 0 heterocycles. The molecular formula is C12H17N. The Labute approximate surface area is 80.3 Å². The van der Waals surface area contributed by atoms with Crippen LogP contribution >= 0.6 is 0 Å². The number of allylic oxidation sites excluding steroid dienone is 1. The summed E-state index contributed by atoms with van der Waals surface area (Å²) >= 11 is 0. The van der Waals surface area contributed by atoms with Crippen molar-refractivity contribution in [1.82, 2.24) is 0 Å². The van der Waals surface area contributed by atoms with Crippen LogP contribution in [0, 0.1) is 6.92 Å². The molecule has 0 spiro atoms. The van der Waals surface area contributed by atoms with Gasteiger partial charge in [-0.3, -0.25) is 0 Å². The van der Waals surface area contributed by atoms with Crippen molar-refractivity contribution in [3.63, 3.8) is 0 Å². The fourth-order valence-electron chi connectivity index (χ4n) is 1.43. The number of hydrogen-bond donors (Lipinski definition) is 1. The maximum absolute atomic E-state index is 5.45. The molecule has 0 atom stereocenters. The molecule has 0 amide bonds. The molecule has 2 N–H and O–H groups in total. The Hall–Kier alpha value is -1.08. The van der Waals surface area contributed by atoms with Gasteiger partial charge in [0.15, 0.2) is 0 Å². The third-order valence-electron chi connectivity index (χ3n) is 2.19. The van der Waals surface area contributed by atoms with Gasteiger partial charge in [0.25, 0.3) is 0 Å². The van der Waals surface area contributed by atoms with Crippen LogP contribution in [0.2, 0.25) is 0 Å². The third kappa shape index (κ3) is 2.71. The van der Waals surface area contributed by atoms with Crippen LogP contribution in [-0.4, -0.2) is 6.54 Å². The van der Waals surface area contributed by atoms with E-state index in [0.717, 1.165) is 13.0 Å². The molecular weight excluding hydrogens is 158 g/mol. The average molecular weight is 175 g/mol. The Morgan fingerprint density at radius 2 is 2.08 bits per heavy atom. The van der Waals surface area contributed by atoms with Gasteiger partial charge in [0.05, 0.1) is 0 Å². The first-order valence-corrected chi connectivity index (χ1v) is 4.68. The fraction of sp³-hybridized carbons (Fsp3) is 0.333. The van der Waals surface area contributed by atoms with E-state index in [2.05, 4.69) is 44.2 Å². The number of hydrogen-bond acceptors (Lipinski definition) is 1. The van der Waals surface area contributed by atoms with Crippen molar-refractivity contribution in [3.05, 3.63) is 41.5 Å². The number of rotatable bonds is 3. The van der Waals surface area contributed by atoms with Gasteiger partial charge in [0.1, 0.15) is 0 Å². The molecule has 0 unspecified atom stereocenters. The molecule has 13 heavy (non-hydrogen) atoms. The zero-order chi connectivity index (χ0) is 9.68. The third-order valence-corrected chi connectivity index (χ3v) is 2.19. The van der Waals surface area contributed by atoms with Crippen molar-refractivity contribution in [2.24, 2.45) is 5.73 Å². The smallest absolute Gasteiger partial charge is 0.00424 e. The Balaban J connectivity index is 2.88. The Morgan fingerprint density at radius 1 is 1.38 bits per heavy atom.